The summed E-state index contributed by atoms with van der Waals surface area (Å²) in [5.41, 5.74) is 12.2. The Balaban J connectivity index is 1.88. The molecule has 0 saturated heterocycles. The Bertz CT molecular complexity index is 967. The van der Waals surface area contributed by atoms with Gasteiger partial charge in [0.25, 0.3) is 5.91 Å². The molecule has 1 unspecified atom stereocenters. The molecule has 1 atom stereocenters. The van der Waals surface area contributed by atoms with Gasteiger partial charge in [0.15, 0.2) is 12.1 Å². The van der Waals surface area contributed by atoms with Gasteiger partial charge in [0.05, 0.1) is 17.7 Å². The molecule has 0 fully saturated rings. The van der Waals surface area contributed by atoms with Crippen LogP contribution in [0.4, 0.5) is 5.69 Å². The van der Waals surface area contributed by atoms with E-state index in [0.29, 0.717) is 35.5 Å². The molecule has 1 amide bonds. The number of unbranched alkanes of at least 4 members (excludes halogenated alkanes) is 1. The minimum Gasteiger partial charge on any atom is -0.452 e. The van der Waals surface area contributed by atoms with Crippen LogP contribution in [-0.4, -0.2) is 36.5 Å². The Labute approximate surface area is 193 Å². The maximum atomic E-state index is 12.3. The highest BCUT2D eigenvalue weighted by atomic mass is 16.5. The van der Waals surface area contributed by atoms with E-state index in [4.69, 9.17) is 20.9 Å². The van der Waals surface area contributed by atoms with Crippen molar-refractivity contribution < 1.29 is 23.9 Å². The molecule has 0 aliphatic heterocycles. The van der Waals surface area contributed by atoms with Gasteiger partial charge in [-0.25, -0.2) is 9.79 Å². The van der Waals surface area contributed by atoms with Crippen molar-refractivity contribution in [3.8, 4) is 5.75 Å². The fourth-order valence-electron chi connectivity index (χ4n) is 2.85. The first-order chi connectivity index (χ1) is 15.8. The normalized spacial score (nSPS) is 11.2. The molecule has 176 valence electrons. The maximum Gasteiger partial charge on any atom is 0.343 e. The minimum absolute atomic E-state index is 0.000774. The molecule has 0 aliphatic rings. The van der Waals surface area contributed by atoms with Crippen LogP contribution in [0.5, 0.6) is 5.75 Å². The Hall–Kier alpha value is -3.88. The molecule has 0 radical (unpaired) electrons. The average molecular weight is 455 g/mol. The third-order valence-electron chi connectivity index (χ3n) is 4.61. The smallest absolute Gasteiger partial charge is 0.343 e. The Morgan fingerprint density at radius 2 is 1.67 bits per heavy atom. The second-order valence-corrected chi connectivity index (χ2v) is 7.33. The lowest BCUT2D eigenvalue weighted by Gasteiger charge is -2.16. The number of nitrogens with two attached hydrogens (primary N) is 2. The first-order valence-electron chi connectivity index (χ1n) is 10.8. The van der Waals surface area contributed by atoms with E-state index < -0.39 is 18.0 Å². The lowest BCUT2D eigenvalue weighted by atomic mass is 10.1. The van der Waals surface area contributed by atoms with Gasteiger partial charge in [-0.1, -0.05) is 32.4 Å². The van der Waals surface area contributed by atoms with Gasteiger partial charge in [0, 0.05) is 6.54 Å². The lowest BCUT2D eigenvalue weighted by Crippen LogP contribution is -2.38. The number of nitrogens with one attached hydrogen (secondary N) is 1. The maximum absolute atomic E-state index is 12.3. The Morgan fingerprint density at radius 1 is 1.00 bits per heavy atom. The fraction of sp³-hybridized carbons (Fsp3) is 0.333. The third kappa shape index (κ3) is 8.64. The van der Waals surface area contributed by atoms with Crippen molar-refractivity contribution >= 4 is 29.5 Å². The van der Waals surface area contributed by atoms with Crippen LogP contribution in [0.2, 0.25) is 0 Å². The number of esters is 2. The summed E-state index contributed by atoms with van der Waals surface area (Å²) in [6.07, 6.45) is 1.42. The average Bonchev–Trinajstić information content (AvgIpc) is 2.79. The second kappa shape index (κ2) is 12.8. The molecule has 0 heterocycles. The predicted octanol–water partition coefficient (Wildman–Crippen LogP) is 2.59. The molecule has 0 aliphatic carbocycles. The summed E-state index contributed by atoms with van der Waals surface area (Å²) in [4.78, 5) is 40.5. The number of hydrogen-bond donors (Lipinski definition) is 3. The highest BCUT2D eigenvalue weighted by Crippen LogP contribution is 2.17. The van der Waals surface area contributed by atoms with Crippen LogP contribution < -0.4 is 21.5 Å². The van der Waals surface area contributed by atoms with Crippen molar-refractivity contribution in [3.05, 3.63) is 59.7 Å². The Kier molecular flexibility index (Phi) is 9.88. The summed E-state index contributed by atoms with van der Waals surface area (Å²) in [7, 11) is 0. The van der Waals surface area contributed by atoms with E-state index in [-0.39, 0.29) is 18.3 Å². The second-order valence-electron chi connectivity index (χ2n) is 7.33. The van der Waals surface area contributed by atoms with Gasteiger partial charge in [-0.3, -0.25) is 9.59 Å². The van der Waals surface area contributed by atoms with E-state index in [9.17, 15) is 14.4 Å². The molecule has 2 aromatic carbocycles. The lowest BCUT2D eigenvalue weighted by molar-refractivity contribution is -0.155. The van der Waals surface area contributed by atoms with Gasteiger partial charge >= 0.3 is 11.9 Å². The monoisotopic (exact) mass is 454 g/mol. The highest BCUT2D eigenvalue weighted by Gasteiger charge is 2.20. The highest BCUT2D eigenvalue weighted by molar-refractivity contribution is 5.91. The molecule has 0 saturated carbocycles. The van der Waals surface area contributed by atoms with E-state index in [1.807, 2.05) is 6.92 Å². The summed E-state index contributed by atoms with van der Waals surface area (Å²) < 4.78 is 10.7. The van der Waals surface area contributed by atoms with Crippen molar-refractivity contribution in [3.63, 3.8) is 0 Å². The zero-order valence-electron chi connectivity index (χ0n) is 18.9. The largest absolute Gasteiger partial charge is 0.452 e. The van der Waals surface area contributed by atoms with Crippen LogP contribution in [0.15, 0.2) is 53.5 Å². The van der Waals surface area contributed by atoms with Crippen LogP contribution >= 0.6 is 0 Å². The zero-order valence-corrected chi connectivity index (χ0v) is 18.9. The topological polar surface area (TPSA) is 146 Å². The van der Waals surface area contributed by atoms with Crippen LogP contribution in [0.3, 0.4) is 0 Å². The number of hydrogen-bond acceptors (Lipinski definition) is 6. The zero-order chi connectivity index (χ0) is 24.2. The Morgan fingerprint density at radius 3 is 2.24 bits per heavy atom. The molecule has 0 aromatic heterocycles. The molecule has 0 bridgehead atoms. The van der Waals surface area contributed by atoms with E-state index in [1.165, 1.54) is 0 Å². The molecule has 5 N–H and O–H groups in total. The number of carbonyl (C=O) groups excluding carboxylic acids is 3. The molecular weight excluding hydrogens is 424 g/mol. The molecule has 2 rings (SSSR count). The van der Waals surface area contributed by atoms with Crippen molar-refractivity contribution in [2.75, 3.05) is 6.54 Å². The van der Waals surface area contributed by atoms with Gasteiger partial charge < -0.3 is 26.3 Å². The van der Waals surface area contributed by atoms with Crippen molar-refractivity contribution in [1.29, 1.82) is 0 Å². The predicted molar refractivity (Wildman–Crippen MR) is 125 cm³/mol. The first-order valence-corrected chi connectivity index (χ1v) is 10.8. The van der Waals surface area contributed by atoms with E-state index in [2.05, 4.69) is 10.3 Å². The van der Waals surface area contributed by atoms with Crippen molar-refractivity contribution in [2.24, 2.45) is 16.5 Å². The number of aliphatic imine (C=N–C) groups is 1. The molecule has 2 aromatic rings. The van der Waals surface area contributed by atoms with Crippen LogP contribution in [-0.2, 0) is 20.7 Å². The fourth-order valence-corrected chi connectivity index (χ4v) is 2.85. The van der Waals surface area contributed by atoms with E-state index in [1.54, 1.807) is 55.5 Å². The molecular formula is C24H30N4O5. The van der Waals surface area contributed by atoms with Crippen LogP contribution in [0.1, 0.15) is 49.0 Å². The van der Waals surface area contributed by atoms with Gasteiger partial charge in [-0.05, 0) is 54.8 Å². The summed E-state index contributed by atoms with van der Waals surface area (Å²) in [5.74, 6) is -1.08. The third-order valence-corrected chi connectivity index (χ3v) is 4.61. The molecule has 0 spiro atoms. The van der Waals surface area contributed by atoms with Gasteiger partial charge in [-0.15, -0.1) is 0 Å². The van der Waals surface area contributed by atoms with Gasteiger partial charge in [0.2, 0.25) is 0 Å². The number of nitrogens with zero attached hydrogens (tertiary/aromatic N) is 1. The molecule has 9 nitrogen and oxygen atoms in total. The van der Waals surface area contributed by atoms with Crippen molar-refractivity contribution in [2.45, 2.75) is 45.6 Å². The molecule has 9 heteroatoms. The van der Waals surface area contributed by atoms with Crippen LogP contribution in [0, 0.1) is 0 Å². The summed E-state index contributed by atoms with van der Waals surface area (Å²) >= 11 is 0. The number of amides is 1. The number of guanidine groups is 1. The van der Waals surface area contributed by atoms with Gasteiger partial charge in [-0.2, -0.15) is 0 Å². The number of carbonyl (C=O) groups is 3. The molecule has 33 heavy (non-hydrogen) atoms. The summed E-state index contributed by atoms with van der Waals surface area (Å²) in [6, 6.07) is 12.8. The first kappa shape index (κ1) is 25.4. The van der Waals surface area contributed by atoms with Gasteiger partial charge in [0.1, 0.15) is 5.75 Å². The number of ether oxygens (including phenoxy) is 2. The number of benzene rings is 2. The minimum atomic E-state index is -0.812. The van der Waals surface area contributed by atoms with Crippen LogP contribution in [0.25, 0.3) is 0 Å². The SMILES string of the molecule is CCCCNC(=O)C(CC)OC(=O)Cc1ccc(OC(=O)c2ccc(N=C(N)N)cc2)cc1. The summed E-state index contributed by atoms with van der Waals surface area (Å²) in [5, 5.41) is 2.77. The van der Waals surface area contributed by atoms with E-state index in [0.717, 1.165) is 12.8 Å². The van der Waals surface area contributed by atoms with E-state index >= 15 is 0 Å². The van der Waals surface area contributed by atoms with Crippen molar-refractivity contribution in [1.82, 2.24) is 5.32 Å². The summed E-state index contributed by atoms with van der Waals surface area (Å²) in [6.45, 7) is 4.38. The quantitative estimate of drug-likeness (QED) is 0.155. The number of rotatable bonds is 11. The standard InChI is InChI=1S/C24H30N4O5/c1-3-5-14-27-22(30)20(4-2)33-21(29)15-16-6-12-19(13-7-16)32-23(31)17-8-10-18(11-9-17)28-24(25)26/h6-13,20H,3-5,14-15H2,1-2H3,(H,27,30)(H4,25,26,28).